The average Bonchev–Trinajstić information content (AvgIpc) is 3.57. The number of carbonyl (C=O) groups is 3. The van der Waals surface area contributed by atoms with Crippen LogP contribution in [0.4, 0.5) is 11.4 Å². The lowest BCUT2D eigenvalue weighted by atomic mass is 9.82. The fourth-order valence-electron chi connectivity index (χ4n) is 8.34. The molecule has 1 saturated heterocycles. The van der Waals surface area contributed by atoms with E-state index >= 15 is 4.79 Å². The Hall–Kier alpha value is -4.33. The van der Waals surface area contributed by atoms with Crippen LogP contribution in [0.25, 0.3) is 0 Å². The monoisotopic (exact) mass is 813 g/mol. The second kappa shape index (κ2) is 16.2. The van der Waals surface area contributed by atoms with Crippen LogP contribution in [-0.4, -0.2) is 73.4 Å². The molecule has 5 atom stereocenters. The minimum absolute atomic E-state index is 0.0395. The highest BCUT2D eigenvalue weighted by molar-refractivity contribution is 9.10. The molecule has 6 rings (SSSR count). The Morgan fingerprint density at radius 3 is 2.39 bits per heavy atom. The summed E-state index contributed by atoms with van der Waals surface area (Å²) >= 11 is 3.66. The summed E-state index contributed by atoms with van der Waals surface area (Å²) in [4.78, 5) is 45.2. The number of halogens is 1. The zero-order chi connectivity index (χ0) is 38.8. The number of amides is 3. The van der Waals surface area contributed by atoms with E-state index in [9.17, 15) is 19.8 Å². The molecule has 1 spiro atoms. The molecule has 0 bridgehead atoms. The number of hydrogen-bond donors (Lipinski definition) is 3. The topological polar surface area (TPSA) is 129 Å². The maximum Gasteiger partial charge on any atom is 0.264 e. The fraction of sp³-hybridized carbons (Fsp3) is 0.357. The summed E-state index contributed by atoms with van der Waals surface area (Å²) in [5, 5.41) is 23.6. The van der Waals surface area contributed by atoms with E-state index in [1.807, 2.05) is 66.7 Å². The Labute approximate surface area is 326 Å². The predicted octanol–water partition coefficient (Wildman–Crippen LogP) is 5.95. The van der Waals surface area contributed by atoms with E-state index in [2.05, 4.69) is 53.4 Å². The molecule has 4 aromatic carbocycles. The van der Waals surface area contributed by atoms with Crippen LogP contribution in [0.2, 0.25) is 18.6 Å². The molecule has 1 fully saturated rings. The van der Waals surface area contributed by atoms with Gasteiger partial charge in [-0.25, -0.2) is 0 Å². The van der Waals surface area contributed by atoms with Gasteiger partial charge in [0.05, 0.1) is 46.5 Å². The second-order valence-electron chi connectivity index (χ2n) is 14.8. The van der Waals surface area contributed by atoms with E-state index in [0.717, 1.165) is 32.1 Å². The quantitative estimate of drug-likeness (QED) is 0.143. The van der Waals surface area contributed by atoms with Crippen molar-refractivity contribution in [2.45, 2.75) is 69.8 Å². The minimum Gasteiger partial charge on any atom is -0.497 e. The summed E-state index contributed by atoms with van der Waals surface area (Å²) in [6.07, 6.45) is -1.74. The van der Waals surface area contributed by atoms with E-state index in [0.29, 0.717) is 17.9 Å². The highest BCUT2D eigenvalue weighted by Crippen LogP contribution is 2.60. The van der Waals surface area contributed by atoms with Crippen LogP contribution in [0.5, 0.6) is 5.75 Å². The number of hydrogen-bond acceptors (Lipinski definition) is 7. The van der Waals surface area contributed by atoms with E-state index in [-0.39, 0.29) is 49.4 Å². The summed E-state index contributed by atoms with van der Waals surface area (Å²) in [6, 6.07) is 30.8. The number of nitrogens with one attached hydrogen (secondary N) is 1. The van der Waals surface area contributed by atoms with Crippen molar-refractivity contribution in [3.63, 3.8) is 0 Å². The number of ether oxygens (including phenoxy) is 2. The Bertz CT molecular complexity index is 1990. The number of rotatable bonds is 13. The first kappa shape index (κ1) is 39.4. The van der Waals surface area contributed by atoms with Gasteiger partial charge >= 0.3 is 0 Å². The number of anilines is 2. The lowest BCUT2D eigenvalue weighted by Crippen LogP contribution is -2.52. The molecule has 10 nitrogen and oxygen atoms in total. The molecular weight excluding hydrogens is 766 g/mol. The first-order chi connectivity index (χ1) is 25.8. The number of nitrogens with zero attached hydrogens (tertiary/aromatic N) is 2. The van der Waals surface area contributed by atoms with Crippen molar-refractivity contribution in [3.05, 3.63) is 118 Å². The summed E-state index contributed by atoms with van der Waals surface area (Å²) in [5.74, 6) is -0.472. The predicted molar refractivity (Wildman–Crippen MR) is 215 cm³/mol. The maximum absolute atomic E-state index is 15.2. The van der Waals surface area contributed by atoms with Crippen LogP contribution >= 0.6 is 15.9 Å². The highest BCUT2D eigenvalue weighted by Gasteiger charge is 2.66. The summed E-state index contributed by atoms with van der Waals surface area (Å²) in [6.45, 7) is 8.58. The molecule has 0 saturated carbocycles. The van der Waals surface area contributed by atoms with Crippen molar-refractivity contribution >= 4 is 58.3 Å². The molecule has 2 aliphatic heterocycles. The first-order valence-corrected chi connectivity index (χ1v) is 22.1. The van der Waals surface area contributed by atoms with Gasteiger partial charge in [0.2, 0.25) is 5.91 Å². The molecule has 2 heterocycles. The Kier molecular flexibility index (Phi) is 11.8. The molecule has 0 unspecified atom stereocenters. The number of fused-ring (bicyclic) bond motifs is 2. The average molecular weight is 815 g/mol. The normalized spacial score (nSPS) is 21.2. The van der Waals surface area contributed by atoms with Crippen LogP contribution in [0, 0.1) is 5.92 Å². The van der Waals surface area contributed by atoms with Gasteiger partial charge in [0.1, 0.15) is 11.9 Å². The first-order valence-electron chi connectivity index (χ1n) is 18.2. The van der Waals surface area contributed by atoms with Crippen LogP contribution in [0.15, 0.2) is 102 Å². The molecule has 4 aromatic rings. The summed E-state index contributed by atoms with van der Waals surface area (Å²) in [5.41, 5.74) is 2.14. The Morgan fingerprint density at radius 1 is 1.02 bits per heavy atom. The number of aliphatic hydroxyl groups is 2. The molecule has 2 aliphatic rings. The van der Waals surface area contributed by atoms with E-state index in [1.165, 1.54) is 6.92 Å². The van der Waals surface area contributed by atoms with Crippen LogP contribution < -0.4 is 20.1 Å². The summed E-state index contributed by atoms with van der Waals surface area (Å²) in [7, 11) is -0.896. The number of methoxy groups -OCH3 is 1. The zero-order valence-electron chi connectivity index (χ0n) is 31.3. The van der Waals surface area contributed by atoms with Crippen LogP contribution in [-0.2, 0) is 37.8 Å². The zero-order valence-corrected chi connectivity index (χ0v) is 33.9. The Balaban J connectivity index is 1.40. The molecule has 3 amide bonds. The van der Waals surface area contributed by atoms with Gasteiger partial charge in [0.25, 0.3) is 11.8 Å². The smallest absolute Gasteiger partial charge is 0.264 e. The molecule has 12 heteroatoms. The molecular formula is C42H48BrN3O7Si. The van der Waals surface area contributed by atoms with E-state index in [1.54, 1.807) is 35.1 Å². The van der Waals surface area contributed by atoms with Gasteiger partial charge < -0.3 is 34.8 Å². The van der Waals surface area contributed by atoms with Crippen molar-refractivity contribution in [1.82, 2.24) is 4.90 Å². The molecule has 3 N–H and O–H groups in total. The SMILES string of the molecule is COc1ccc([Si](C)(C)[C@H]2[C@H](CC(=O)N(CCO)Cc3ccccc3)O[C@@]3(C(=O)N(Cc4cccc(NC(=O)[C@H](C)O)c4)c4ccc(Br)cc43)[C@@H]2C)cc1. The lowest BCUT2D eigenvalue weighted by Gasteiger charge is -2.37. The van der Waals surface area contributed by atoms with Crippen molar-refractivity contribution in [2.75, 3.05) is 30.5 Å². The van der Waals surface area contributed by atoms with E-state index in [4.69, 9.17) is 9.47 Å². The van der Waals surface area contributed by atoms with Crippen LogP contribution in [0.3, 0.4) is 0 Å². The number of benzene rings is 4. The highest BCUT2D eigenvalue weighted by atomic mass is 79.9. The van der Waals surface area contributed by atoms with Gasteiger partial charge in [0, 0.05) is 34.7 Å². The van der Waals surface area contributed by atoms with Gasteiger partial charge in [-0.05, 0) is 66.1 Å². The molecule has 54 heavy (non-hydrogen) atoms. The van der Waals surface area contributed by atoms with E-state index < -0.39 is 31.8 Å². The van der Waals surface area contributed by atoms with Gasteiger partial charge in [-0.3, -0.25) is 14.4 Å². The molecule has 0 aromatic heterocycles. The lowest BCUT2D eigenvalue weighted by molar-refractivity contribution is -0.150. The van der Waals surface area contributed by atoms with Crippen molar-refractivity contribution in [1.29, 1.82) is 0 Å². The maximum atomic E-state index is 15.2. The van der Waals surface area contributed by atoms with Crippen LogP contribution in [0.1, 0.15) is 37.0 Å². The largest absolute Gasteiger partial charge is 0.497 e. The van der Waals surface area contributed by atoms with Gasteiger partial charge in [0.15, 0.2) is 5.60 Å². The van der Waals surface area contributed by atoms with Gasteiger partial charge in [-0.2, -0.15) is 0 Å². The van der Waals surface area contributed by atoms with Crippen molar-refractivity contribution < 1.29 is 34.1 Å². The van der Waals surface area contributed by atoms with Crippen molar-refractivity contribution in [3.8, 4) is 5.75 Å². The fourth-order valence-corrected chi connectivity index (χ4v) is 12.7. The molecule has 0 radical (unpaired) electrons. The third-order valence-electron chi connectivity index (χ3n) is 11.0. The number of carbonyl (C=O) groups excluding carboxylic acids is 3. The van der Waals surface area contributed by atoms with Gasteiger partial charge in [-0.1, -0.05) is 95.7 Å². The number of aliphatic hydroxyl groups excluding tert-OH is 2. The van der Waals surface area contributed by atoms with Crippen molar-refractivity contribution in [2.24, 2.45) is 5.92 Å². The molecule has 284 valence electrons. The summed E-state index contributed by atoms with van der Waals surface area (Å²) < 4.78 is 13.5. The third kappa shape index (κ3) is 7.63. The minimum atomic E-state index is -2.53. The third-order valence-corrected chi connectivity index (χ3v) is 15.9. The standard InChI is InChI=1S/C42H48BrN3O7Si/c1-27-39(54(4,5)34-17-15-33(52-3)16-18-34)37(24-38(49)45(20-21-47)25-29-10-7-6-8-11-29)53-42(27)35-23-31(43)14-19-36(35)46(41(42)51)26-30-12-9-13-32(22-30)44-40(50)28(2)48/h6-19,22-23,27-28,37,39,47-48H,20-21,24-26H2,1-5H3,(H,44,50)/t27-,28+,37+,39-,42+/m1/s1. The second-order valence-corrected chi connectivity index (χ2v) is 20.4. The van der Waals surface area contributed by atoms with Gasteiger partial charge in [-0.15, -0.1) is 0 Å². The Morgan fingerprint density at radius 2 is 1.72 bits per heavy atom. The molecule has 0 aliphatic carbocycles.